The van der Waals surface area contributed by atoms with Gasteiger partial charge in [-0.3, -0.25) is 19.3 Å². The van der Waals surface area contributed by atoms with Gasteiger partial charge in [-0.15, -0.1) is 0 Å². The number of carbonyl (C=O) groups is 3. The fraction of sp³-hybridized carbons (Fsp3) is 0.591. The lowest BCUT2D eigenvalue weighted by molar-refractivity contribution is -0.125. The molecule has 0 unspecified atom stereocenters. The zero-order valence-corrected chi connectivity index (χ0v) is 17.4. The molecule has 2 atom stereocenters. The fourth-order valence-corrected chi connectivity index (χ4v) is 4.57. The number of piperidine rings is 1. The van der Waals surface area contributed by atoms with Crippen molar-refractivity contribution >= 4 is 23.4 Å². The molecule has 3 aliphatic heterocycles. The molecule has 0 aromatic heterocycles. The lowest BCUT2D eigenvalue weighted by Gasteiger charge is -2.34. The Morgan fingerprint density at radius 1 is 1.23 bits per heavy atom. The third-order valence-electron chi connectivity index (χ3n) is 6.13. The molecule has 1 aromatic carbocycles. The molecule has 0 spiro atoms. The van der Waals surface area contributed by atoms with Gasteiger partial charge in [0.25, 0.3) is 11.8 Å². The van der Waals surface area contributed by atoms with Crippen LogP contribution in [0.4, 0.5) is 5.69 Å². The van der Waals surface area contributed by atoms with E-state index in [4.69, 9.17) is 9.47 Å². The summed E-state index contributed by atoms with van der Waals surface area (Å²) >= 11 is 0. The molecule has 4 rings (SSSR count). The first-order chi connectivity index (χ1) is 14.6. The predicted octanol–water partition coefficient (Wildman–Crippen LogP) is 1.44. The third-order valence-corrected chi connectivity index (χ3v) is 6.13. The highest BCUT2D eigenvalue weighted by Crippen LogP contribution is 2.34. The fourth-order valence-electron chi connectivity index (χ4n) is 4.57. The average molecular weight is 415 g/mol. The molecule has 0 saturated carbocycles. The monoisotopic (exact) mass is 415 g/mol. The zero-order chi connectivity index (χ0) is 21.1. The van der Waals surface area contributed by atoms with Crippen molar-refractivity contribution in [1.29, 1.82) is 0 Å². The van der Waals surface area contributed by atoms with Gasteiger partial charge in [0.05, 0.1) is 42.0 Å². The summed E-state index contributed by atoms with van der Waals surface area (Å²) in [5.74, 6) is -0.653. The number of fused-ring (bicyclic) bond motifs is 1. The second-order valence-electron chi connectivity index (χ2n) is 8.12. The number of imide groups is 1. The molecular weight excluding hydrogens is 386 g/mol. The van der Waals surface area contributed by atoms with Crippen LogP contribution in [0.5, 0.6) is 0 Å². The number of benzene rings is 1. The number of rotatable bonds is 7. The van der Waals surface area contributed by atoms with E-state index in [0.717, 1.165) is 37.9 Å². The minimum absolute atomic E-state index is 0.00624. The first-order valence-electron chi connectivity index (χ1n) is 10.7. The molecule has 1 N–H and O–H groups in total. The van der Waals surface area contributed by atoms with Gasteiger partial charge in [0.2, 0.25) is 5.91 Å². The molecular formula is C22H29N3O5. The van der Waals surface area contributed by atoms with Crippen LogP contribution in [0.15, 0.2) is 18.2 Å². The minimum atomic E-state index is -0.257. The van der Waals surface area contributed by atoms with Crippen LogP contribution in [-0.2, 0) is 14.3 Å². The number of nitrogens with zero attached hydrogens (tertiary/aromatic N) is 2. The molecule has 2 saturated heterocycles. The van der Waals surface area contributed by atoms with E-state index in [1.54, 1.807) is 13.2 Å². The van der Waals surface area contributed by atoms with Gasteiger partial charge >= 0.3 is 0 Å². The van der Waals surface area contributed by atoms with Gasteiger partial charge in [-0.25, -0.2) is 0 Å². The van der Waals surface area contributed by atoms with Crippen LogP contribution in [0.25, 0.3) is 0 Å². The second kappa shape index (κ2) is 9.14. The van der Waals surface area contributed by atoms with Crippen LogP contribution in [0.1, 0.15) is 46.4 Å². The van der Waals surface area contributed by atoms with Gasteiger partial charge in [0, 0.05) is 33.4 Å². The van der Waals surface area contributed by atoms with Crippen LogP contribution in [0.3, 0.4) is 0 Å². The van der Waals surface area contributed by atoms with E-state index in [2.05, 4.69) is 10.2 Å². The summed E-state index contributed by atoms with van der Waals surface area (Å²) in [7, 11) is 1.60. The minimum Gasteiger partial charge on any atom is -0.383 e. The Kier molecular flexibility index (Phi) is 6.34. The van der Waals surface area contributed by atoms with Crippen molar-refractivity contribution in [1.82, 2.24) is 10.2 Å². The lowest BCUT2D eigenvalue weighted by atomic mass is 9.95. The largest absolute Gasteiger partial charge is 0.383 e. The van der Waals surface area contributed by atoms with E-state index in [-0.39, 0.29) is 29.7 Å². The van der Waals surface area contributed by atoms with E-state index in [1.807, 2.05) is 12.1 Å². The second-order valence-corrected chi connectivity index (χ2v) is 8.12. The van der Waals surface area contributed by atoms with Crippen molar-refractivity contribution in [3.63, 3.8) is 0 Å². The maximum atomic E-state index is 13.2. The molecule has 30 heavy (non-hydrogen) atoms. The molecule has 3 aliphatic rings. The van der Waals surface area contributed by atoms with Gasteiger partial charge < -0.3 is 19.7 Å². The van der Waals surface area contributed by atoms with Gasteiger partial charge in [-0.05, 0) is 37.8 Å². The Hall–Kier alpha value is -2.45. The zero-order valence-electron chi connectivity index (χ0n) is 17.4. The smallest absolute Gasteiger partial charge is 0.263 e. The van der Waals surface area contributed by atoms with Crippen molar-refractivity contribution in [3.8, 4) is 0 Å². The molecule has 0 radical (unpaired) electrons. The van der Waals surface area contributed by atoms with Crippen molar-refractivity contribution in [2.24, 2.45) is 5.92 Å². The van der Waals surface area contributed by atoms with E-state index in [1.165, 1.54) is 4.90 Å². The van der Waals surface area contributed by atoms with Crippen molar-refractivity contribution in [2.45, 2.75) is 31.8 Å². The highest BCUT2D eigenvalue weighted by molar-refractivity contribution is 6.23. The number of hydrogen-bond acceptors (Lipinski definition) is 6. The quantitative estimate of drug-likeness (QED) is 0.536. The standard InChI is InChI=1S/C22H29N3O5/c1-29-12-9-23-20(26)15-5-3-10-24(13-15)18-8-2-7-17-19(18)22(28)25(21(17)27)14-16-6-4-11-30-16/h2,7-8,15-16H,3-6,9-14H2,1H3,(H,23,26)/t15-,16+/m1/s1. The summed E-state index contributed by atoms with van der Waals surface area (Å²) in [6.45, 7) is 3.23. The topological polar surface area (TPSA) is 88.2 Å². The molecule has 0 aliphatic carbocycles. The lowest BCUT2D eigenvalue weighted by Crippen LogP contribution is -2.44. The molecule has 8 heteroatoms. The van der Waals surface area contributed by atoms with E-state index < -0.39 is 0 Å². The molecule has 2 fully saturated rings. The predicted molar refractivity (Wildman–Crippen MR) is 111 cm³/mol. The van der Waals surface area contributed by atoms with Gasteiger partial charge in [-0.1, -0.05) is 6.07 Å². The molecule has 8 nitrogen and oxygen atoms in total. The number of carbonyl (C=O) groups excluding carboxylic acids is 3. The Morgan fingerprint density at radius 3 is 2.87 bits per heavy atom. The van der Waals surface area contributed by atoms with E-state index in [0.29, 0.717) is 44.0 Å². The first-order valence-corrected chi connectivity index (χ1v) is 10.7. The highest BCUT2D eigenvalue weighted by Gasteiger charge is 2.40. The molecule has 0 bridgehead atoms. The Morgan fingerprint density at radius 2 is 2.10 bits per heavy atom. The van der Waals surface area contributed by atoms with Crippen LogP contribution in [0.2, 0.25) is 0 Å². The van der Waals surface area contributed by atoms with Crippen molar-refractivity contribution < 1.29 is 23.9 Å². The van der Waals surface area contributed by atoms with Gasteiger partial charge in [0.1, 0.15) is 0 Å². The number of methoxy groups -OCH3 is 1. The maximum Gasteiger partial charge on any atom is 0.263 e. The highest BCUT2D eigenvalue weighted by atomic mass is 16.5. The molecule has 3 heterocycles. The number of nitrogens with one attached hydrogen (secondary N) is 1. The number of anilines is 1. The summed E-state index contributed by atoms with van der Waals surface area (Å²) in [6.07, 6.45) is 3.41. The summed E-state index contributed by atoms with van der Waals surface area (Å²) in [5.41, 5.74) is 1.65. The molecule has 1 aromatic rings. The van der Waals surface area contributed by atoms with Crippen LogP contribution in [0, 0.1) is 5.92 Å². The summed E-state index contributed by atoms with van der Waals surface area (Å²) in [6, 6.07) is 5.41. The van der Waals surface area contributed by atoms with Gasteiger partial charge in [0.15, 0.2) is 0 Å². The van der Waals surface area contributed by atoms with E-state index in [9.17, 15) is 14.4 Å². The Bertz CT molecular complexity index is 821. The SMILES string of the molecule is COCCNC(=O)[C@@H]1CCCN(c2cccc3c2C(=O)N(C[C@@H]2CCCO2)C3=O)C1. The molecule has 162 valence electrons. The third kappa shape index (κ3) is 4.06. The Balaban J connectivity index is 1.50. The van der Waals surface area contributed by atoms with Crippen molar-refractivity contribution in [3.05, 3.63) is 29.3 Å². The summed E-state index contributed by atoms with van der Waals surface area (Å²) in [4.78, 5) is 42.0. The van der Waals surface area contributed by atoms with Crippen LogP contribution >= 0.6 is 0 Å². The maximum absolute atomic E-state index is 13.2. The van der Waals surface area contributed by atoms with Crippen LogP contribution < -0.4 is 10.2 Å². The summed E-state index contributed by atoms with van der Waals surface area (Å²) in [5, 5.41) is 2.91. The van der Waals surface area contributed by atoms with Gasteiger partial charge in [-0.2, -0.15) is 0 Å². The first kappa shape index (κ1) is 20.8. The number of amides is 3. The Labute approximate surface area is 176 Å². The van der Waals surface area contributed by atoms with E-state index >= 15 is 0 Å². The van der Waals surface area contributed by atoms with Crippen LogP contribution in [-0.4, -0.2) is 75.2 Å². The average Bonchev–Trinajstić information content (AvgIpc) is 3.37. The number of ether oxygens (including phenoxy) is 2. The number of hydrogen-bond donors (Lipinski definition) is 1. The van der Waals surface area contributed by atoms with Crippen molar-refractivity contribution in [2.75, 3.05) is 51.4 Å². The normalized spacial score (nSPS) is 23.8. The molecule has 3 amide bonds. The summed E-state index contributed by atoms with van der Waals surface area (Å²) < 4.78 is 10.6.